The summed E-state index contributed by atoms with van der Waals surface area (Å²) in [6.45, 7) is 4.77. The van der Waals surface area contributed by atoms with Crippen LogP contribution in [-0.2, 0) is 11.2 Å². The lowest BCUT2D eigenvalue weighted by Gasteiger charge is -2.11. The summed E-state index contributed by atoms with van der Waals surface area (Å²) < 4.78 is 5.58. The Bertz CT molecular complexity index is 608. The van der Waals surface area contributed by atoms with Gasteiger partial charge >= 0.3 is 0 Å². The van der Waals surface area contributed by atoms with Crippen molar-refractivity contribution in [3.05, 3.63) is 65.2 Å². The molecule has 0 atom stereocenters. The van der Waals surface area contributed by atoms with Crippen molar-refractivity contribution in [2.75, 3.05) is 13.2 Å². The molecule has 1 amide bonds. The Morgan fingerprint density at radius 3 is 2.59 bits per heavy atom. The molecule has 0 heterocycles. The summed E-state index contributed by atoms with van der Waals surface area (Å²) in [6.07, 6.45) is 1.90. The Labute approximate surface area is 132 Å². The van der Waals surface area contributed by atoms with Gasteiger partial charge in [-0.15, -0.1) is 0 Å². The van der Waals surface area contributed by atoms with Crippen LogP contribution in [0.3, 0.4) is 0 Å². The number of carbonyl (C=O) groups is 1. The fourth-order valence-electron chi connectivity index (χ4n) is 2.24. The Hall–Kier alpha value is -2.29. The third-order valence-corrected chi connectivity index (χ3v) is 3.72. The van der Waals surface area contributed by atoms with Crippen LogP contribution in [0.4, 0.5) is 0 Å². The van der Waals surface area contributed by atoms with E-state index in [0.29, 0.717) is 6.54 Å². The first-order chi connectivity index (χ1) is 10.7. The number of amides is 1. The largest absolute Gasteiger partial charge is 0.483 e. The molecule has 0 bridgehead atoms. The molecular weight excluding hydrogens is 274 g/mol. The predicted octanol–water partition coefficient (Wildman–Crippen LogP) is 3.43. The topological polar surface area (TPSA) is 38.3 Å². The third-order valence-electron chi connectivity index (χ3n) is 3.72. The first kappa shape index (κ1) is 16.1. The molecule has 1 N–H and O–H groups in total. The van der Waals surface area contributed by atoms with Crippen molar-refractivity contribution < 1.29 is 9.53 Å². The summed E-state index contributed by atoms with van der Waals surface area (Å²) in [4.78, 5) is 11.8. The molecule has 0 aliphatic heterocycles. The van der Waals surface area contributed by atoms with Gasteiger partial charge in [0.05, 0.1) is 0 Å². The first-order valence-electron chi connectivity index (χ1n) is 7.66. The SMILES string of the molecule is Cc1cccc(OCC(=O)NCCCc2ccccc2)c1C. The maximum absolute atomic E-state index is 11.8. The second kappa shape index (κ2) is 8.23. The van der Waals surface area contributed by atoms with Crippen molar-refractivity contribution >= 4 is 5.91 Å². The number of carbonyl (C=O) groups excluding carboxylic acids is 1. The van der Waals surface area contributed by atoms with Crippen LogP contribution in [0, 0.1) is 13.8 Å². The zero-order valence-corrected chi connectivity index (χ0v) is 13.3. The van der Waals surface area contributed by atoms with Crippen molar-refractivity contribution in [3.8, 4) is 5.75 Å². The zero-order valence-electron chi connectivity index (χ0n) is 13.3. The Balaban J connectivity index is 1.67. The van der Waals surface area contributed by atoms with Gasteiger partial charge in [0, 0.05) is 6.54 Å². The van der Waals surface area contributed by atoms with E-state index in [2.05, 4.69) is 17.4 Å². The summed E-state index contributed by atoms with van der Waals surface area (Å²) in [5.41, 5.74) is 3.54. The molecule has 0 saturated heterocycles. The minimum Gasteiger partial charge on any atom is -0.483 e. The number of hydrogen-bond acceptors (Lipinski definition) is 2. The molecule has 0 unspecified atom stereocenters. The highest BCUT2D eigenvalue weighted by Crippen LogP contribution is 2.20. The van der Waals surface area contributed by atoms with E-state index < -0.39 is 0 Å². The highest BCUT2D eigenvalue weighted by molar-refractivity contribution is 5.77. The lowest BCUT2D eigenvalue weighted by molar-refractivity contribution is -0.123. The summed E-state index contributed by atoms with van der Waals surface area (Å²) >= 11 is 0. The first-order valence-corrected chi connectivity index (χ1v) is 7.66. The van der Waals surface area contributed by atoms with Crippen molar-refractivity contribution in [1.82, 2.24) is 5.32 Å². The van der Waals surface area contributed by atoms with E-state index in [1.807, 2.05) is 50.2 Å². The molecule has 0 aliphatic rings. The van der Waals surface area contributed by atoms with E-state index in [-0.39, 0.29) is 12.5 Å². The molecule has 0 fully saturated rings. The van der Waals surface area contributed by atoms with E-state index in [1.165, 1.54) is 11.1 Å². The van der Waals surface area contributed by atoms with Gasteiger partial charge in [-0.05, 0) is 49.4 Å². The predicted molar refractivity (Wildman–Crippen MR) is 89.2 cm³/mol. The molecule has 0 saturated carbocycles. The van der Waals surface area contributed by atoms with Gasteiger partial charge in [-0.3, -0.25) is 4.79 Å². The number of nitrogens with one attached hydrogen (secondary N) is 1. The monoisotopic (exact) mass is 297 g/mol. The second-order valence-electron chi connectivity index (χ2n) is 5.43. The minimum absolute atomic E-state index is 0.0651. The standard InChI is InChI=1S/C19H23NO2/c1-15-8-6-12-18(16(15)2)22-14-19(21)20-13-7-11-17-9-4-3-5-10-17/h3-6,8-10,12H,7,11,13-14H2,1-2H3,(H,20,21). The smallest absolute Gasteiger partial charge is 0.257 e. The van der Waals surface area contributed by atoms with E-state index in [9.17, 15) is 4.79 Å². The number of aryl methyl sites for hydroxylation is 2. The number of ether oxygens (including phenoxy) is 1. The van der Waals surface area contributed by atoms with Gasteiger partial charge in [0.15, 0.2) is 6.61 Å². The minimum atomic E-state index is -0.0750. The number of rotatable bonds is 7. The maximum Gasteiger partial charge on any atom is 0.257 e. The van der Waals surface area contributed by atoms with Gasteiger partial charge < -0.3 is 10.1 Å². The average molecular weight is 297 g/mol. The van der Waals surface area contributed by atoms with Gasteiger partial charge in [0.25, 0.3) is 5.91 Å². The normalized spacial score (nSPS) is 10.3. The average Bonchev–Trinajstić information content (AvgIpc) is 2.54. The van der Waals surface area contributed by atoms with Crippen LogP contribution >= 0.6 is 0 Å². The number of hydrogen-bond donors (Lipinski definition) is 1. The molecule has 3 nitrogen and oxygen atoms in total. The quantitative estimate of drug-likeness (QED) is 0.795. The van der Waals surface area contributed by atoms with Crippen molar-refractivity contribution in [3.63, 3.8) is 0 Å². The van der Waals surface area contributed by atoms with Crippen LogP contribution in [0.2, 0.25) is 0 Å². The van der Waals surface area contributed by atoms with Crippen LogP contribution in [0.15, 0.2) is 48.5 Å². The fourth-order valence-corrected chi connectivity index (χ4v) is 2.24. The lowest BCUT2D eigenvalue weighted by Crippen LogP contribution is -2.30. The summed E-state index contributed by atoms with van der Waals surface area (Å²) in [7, 11) is 0. The molecule has 2 rings (SSSR count). The molecule has 22 heavy (non-hydrogen) atoms. The van der Waals surface area contributed by atoms with E-state index in [1.54, 1.807) is 0 Å². The second-order valence-corrected chi connectivity index (χ2v) is 5.43. The molecule has 0 spiro atoms. The van der Waals surface area contributed by atoms with Crippen LogP contribution in [0.1, 0.15) is 23.1 Å². The molecule has 3 heteroatoms. The van der Waals surface area contributed by atoms with Crippen molar-refractivity contribution in [1.29, 1.82) is 0 Å². The molecule has 2 aromatic rings. The van der Waals surface area contributed by atoms with Gasteiger partial charge in [0.2, 0.25) is 0 Å². The Morgan fingerprint density at radius 2 is 1.82 bits per heavy atom. The van der Waals surface area contributed by atoms with Crippen LogP contribution in [0.5, 0.6) is 5.75 Å². The number of benzene rings is 2. The lowest BCUT2D eigenvalue weighted by atomic mass is 10.1. The molecule has 0 aliphatic carbocycles. The van der Waals surface area contributed by atoms with E-state index in [0.717, 1.165) is 24.2 Å². The summed E-state index contributed by atoms with van der Waals surface area (Å²) in [5.74, 6) is 0.702. The van der Waals surface area contributed by atoms with Gasteiger partial charge in [-0.25, -0.2) is 0 Å². The molecular formula is C19H23NO2. The fraction of sp³-hybridized carbons (Fsp3) is 0.316. The van der Waals surface area contributed by atoms with Crippen LogP contribution < -0.4 is 10.1 Å². The highest BCUT2D eigenvalue weighted by Gasteiger charge is 2.05. The Morgan fingerprint density at radius 1 is 1.05 bits per heavy atom. The zero-order chi connectivity index (χ0) is 15.8. The summed E-state index contributed by atoms with van der Waals surface area (Å²) in [5, 5.41) is 2.89. The molecule has 116 valence electrons. The van der Waals surface area contributed by atoms with Crippen LogP contribution in [0.25, 0.3) is 0 Å². The summed E-state index contributed by atoms with van der Waals surface area (Å²) in [6, 6.07) is 16.1. The van der Waals surface area contributed by atoms with Crippen molar-refractivity contribution in [2.45, 2.75) is 26.7 Å². The van der Waals surface area contributed by atoms with Gasteiger partial charge in [0.1, 0.15) is 5.75 Å². The van der Waals surface area contributed by atoms with Gasteiger partial charge in [-0.1, -0.05) is 42.5 Å². The van der Waals surface area contributed by atoms with Crippen molar-refractivity contribution in [2.24, 2.45) is 0 Å². The van der Waals surface area contributed by atoms with E-state index >= 15 is 0 Å². The highest BCUT2D eigenvalue weighted by atomic mass is 16.5. The van der Waals surface area contributed by atoms with Crippen LogP contribution in [-0.4, -0.2) is 19.1 Å². The molecule has 0 radical (unpaired) electrons. The Kier molecular flexibility index (Phi) is 6.01. The third kappa shape index (κ3) is 4.92. The van der Waals surface area contributed by atoms with E-state index in [4.69, 9.17) is 4.74 Å². The maximum atomic E-state index is 11.8. The molecule has 0 aromatic heterocycles. The van der Waals surface area contributed by atoms with Gasteiger partial charge in [-0.2, -0.15) is 0 Å². The molecule has 2 aromatic carbocycles.